The maximum Gasteiger partial charge on any atom is 0.329 e. The molecule has 14 nitrogen and oxygen atoms in total. The quantitative estimate of drug-likeness (QED) is 0.195. The van der Waals surface area contributed by atoms with E-state index in [1.54, 1.807) is 19.1 Å². The molecule has 54 heavy (non-hydrogen) atoms. The SMILES string of the molecule is CCCCC=CC(=O)N[C@@H](Cc1cccc(F)c1)C(=O)N[C@@H]1C(=O)N2CCC[C@H]2C(=O)N(C)C2(CCC2)C(=O)N[C@@H](C)C(=O)N2CCC[C@H]2C(=O)O[C@H]1C. The number of allylic oxidation sites excluding steroid dienone is 1. The van der Waals surface area contributed by atoms with Crippen LogP contribution in [0, 0.1) is 5.82 Å². The summed E-state index contributed by atoms with van der Waals surface area (Å²) in [5.74, 6) is -4.76. The number of amides is 6. The number of unbranched alkanes of at least 4 members (excludes halogenated alkanes) is 2. The van der Waals surface area contributed by atoms with E-state index in [-0.39, 0.29) is 19.5 Å². The number of hydrogen-bond donors (Lipinski definition) is 3. The molecule has 3 N–H and O–H groups in total. The van der Waals surface area contributed by atoms with Gasteiger partial charge < -0.3 is 35.4 Å². The Morgan fingerprint density at radius 3 is 2.33 bits per heavy atom. The molecular weight excluding hydrogens is 699 g/mol. The van der Waals surface area contributed by atoms with Gasteiger partial charge in [0.2, 0.25) is 35.4 Å². The zero-order valence-corrected chi connectivity index (χ0v) is 31.6. The lowest BCUT2D eigenvalue weighted by Crippen LogP contribution is -2.68. The Hall–Kier alpha value is -4.82. The van der Waals surface area contributed by atoms with Gasteiger partial charge in [-0.1, -0.05) is 38.0 Å². The van der Waals surface area contributed by atoms with Crippen LogP contribution in [-0.2, 0) is 44.7 Å². The average Bonchev–Trinajstić information content (AvgIpc) is 3.81. The van der Waals surface area contributed by atoms with Gasteiger partial charge in [0.15, 0.2) is 0 Å². The molecule has 15 heteroatoms. The van der Waals surface area contributed by atoms with Crippen LogP contribution in [0.2, 0.25) is 0 Å². The van der Waals surface area contributed by atoms with Gasteiger partial charge in [0.25, 0.3) is 0 Å². The maximum atomic E-state index is 14.6. The number of fused-ring (bicyclic) bond motifs is 2. The number of hydrogen-bond acceptors (Lipinski definition) is 8. The number of likely N-dealkylation sites (N-methyl/N-ethyl adjacent to an activating group) is 1. The summed E-state index contributed by atoms with van der Waals surface area (Å²) in [6.45, 7) is 5.44. The van der Waals surface area contributed by atoms with Crippen molar-refractivity contribution in [3.05, 3.63) is 47.8 Å². The third kappa shape index (κ3) is 8.76. The number of rotatable bonds is 9. The van der Waals surface area contributed by atoms with Crippen molar-refractivity contribution in [1.82, 2.24) is 30.7 Å². The number of esters is 1. The zero-order valence-electron chi connectivity index (χ0n) is 31.6. The highest BCUT2D eigenvalue weighted by molar-refractivity contribution is 6.00. The summed E-state index contributed by atoms with van der Waals surface area (Å²) in [6, 6.07) is -0.131. The molecule has 0 unspecified atom stereocenters. The molecule has 1 spiro atoms. The normalized spacial score (nSPS) is 26.9. The van der Waals surface area contributed by atoms with Gasteiger partial charge in [-0.25, -0.2) is 9.18 Å². The summed E-state index contributed by atoms with van der Waals surface area (Å²) >= 11 is 0. The molecule has 0 aromatic heterocycles. The van der Waals surface area contributed by atoms with Gasteiger partial charge in [-0.15, -0.1) is 0 Å². The third-order valence-corrected chi connectivity index (χ3v) is 11.2. The fourth-order valence-corrected chi connectivity index (χ4v) is 7.85. The fraction of sp³-hybridized carbons (Fsp3) is 0.615. The summed E-state index contributed by atoms with van der Waals surface area (Å²) in [6.07, 6.45) is 7.09. The van der Waals surface area contributed by atoms with E-state index in [9.17, 15) is 38.0 Å². The van der Waals surface area contributed by atoms with Crippen molar-refractivity contribution in [2.24, 2.45) is 0 Å². The molecule has 6 atom stereocenters. The highest BCUT2D eigenvalue weighted by Crippen LogP contribution is 2.39. The van der Waals surface area contributed by atoms with Crippen LogP contribution in [0.1, 0.15) is 90.5 Å². The fourth-order valence-electron chi connectivity index (χ4n) is 7.85. The van der Waals surface area contributed by atoms with E-state index >= 15 is 0 Å². The van der Waals surface area contributed by atoms with Crippen molar-refractivity contribution < 1.29 is 42.7 Å². The van der Waals surface area contributed by atoms with Crippen molar-refractivity contribution in [3.8, 4) is 0 Å². The molecule has 1 saturated carbocycles. The average molecular weight is 753 g/mol. The Labute approximate surface area is 315 Å². The van der Waals surface area contributed by atoms with E-state index in [0.29, 0.717) is 56.9 Å². The molecule has 1 aliphatic carbocycles. The Kier molecular flexibility index (Phi) is 13.1. The molecule has 3 heterocycles. The molecule has 5 rings (SSSR count). The van der Waals surface area contributed by atoms with Gasteiger partial charge in [0.05, 0.1) is 0 Å². The summed E-state index contributed by atoms with van der Waals surface area (Å²) in [5, 5.41) is 8.17. The lowest BCUT2D eigenvalue weighted by Gasteiger charge is -2.48. The van der Waals surface area contributed by atoms with Gasteiger partial charge in [0, 0.05) is 26.6 Å². The molecule has 0 radical (unpaired) electrons. The highest BCUT2D eigenvalue weighted by atomic mass is 19.1. The number of carbonyl (C=O) groups is 7. The maximum absolute atomic E-state index is 14.6. The van der Waals surface area contributed by atoms with E-state index in [2.05, 4.69) is 16.0 Å². The van der Waals surface area contributed by atoms with Crippen LogP contribution in [0.3, 0.4) is 0 Å². The predicted molar refractivity (Wildman–Crippen MR) is 195 cm³/mol. The zero-order chi connectivity index (χ0) is 39.2. The molecule has 3 aliphatic heterocycles. The van der Waals surface area contributed by atoms with Gasteiger partial charge in [-0.3, -0.25) is 28.8 Å². The van der Waals surface area contributed by atoms with E-state index in [4.69, 9.17) is 4.74 Å². The largest absolute Gasteiger partial charge is 0.458 e. The second-order valence-electron chi connectivity index (χ2n) is 14.9. The number of carbonyl (C=O) groups excluding carboxylic acids is 7. The Morgan fingerprint density at radius 2 is 1.69 bits per heavy atom. The lowest BCUT2D eigenvalue weighted by molar-refractivity contribution is -0.164. The van der Waals surface area contributed by atoms with E-state index in [1.807, 2.05) is 6.92 Å². The Morgan fingerprint density at radius 1 is 1.00 bits per heavy atom. The molecule has 0 bridgehead atoms. The second kappa shape index (κ2) is 17.5. The molecule has 1 aromatic carbocycles. The summed E-state index contributed by atoms with van der Waals surface area (Å²) in [4.78, 5) is 101. The van der Waals surface area contributed by atoms with Crippen LogP contribution in [-0.4, -0.2) is 118 Å². The predicted octanol–water partition coefficient (Wildman–Crippen LogP) is 1.90. The lowest BCUT2D eigenvalue weighted by atomic mass is 9.74. The molecule has 4 aliphatic rings. The number of nitrogens with zero attached hydrogens (tertiary/aromatic N) is 3. The van der Waals surface area contributed by atoms with Gasteiger partial charge >= 0.3 is 5.97 Å². The molecule has 3 saturated heterocycles. The van der Waals surface area contributed by atoms with Crippen LogP contribution in [0.25, 0.3) is 0 Å². The van der Waals surface area contributed by atoms with Crippen molar-refractivity contribution in [1.29, 1.82) is 0 Å². The topological polar surface area (TPSA) is 175 Å². The van der Waals surface area contributed by atoms with Crippen molar-refractivity contribution in [3.63, 3.8) is 0 Å². The van der Waals surface area contributed by atoms with Crippen LogP contribution in [0.5, 0.6) is 0 Å². The van der Waals surface area contributed by atoms with Gasteiger partial charge in [0.1, 0.15) is 47.7 Å². The van der Waals surface area contributed by atoms with Crippen LogP contribution in [0.4, 0.5) is 4.39 Å². The Bertz CT molecular complexity index is 1650. The third-order valence-electron chi connectivity index (χ3n) is 11.2. The van der Waals surface area contributed by atoms with Crippen LogP contribution in [0.15, 0.2) is 36.4 Å². The molecule has 294 valence electrons. The molecular formula is C39H53FN6O8. The Balaban J connectivity index is 1.48. The minimum Gasteiger partial charge on any atom is -0.458 e. The first kappa shape index (κ1) is 40.4. The highest BCUT2D eigenvalue weighted by Gasteiger charge is 2.53. The number of cyclic esters (lactones) is 1. The summed E-state index contributed by atoms with van der Waals surface area (Å²) in [5.41, 5.74) is -0.797. The molecule has 1 aromatic rings. The van der Waals surface area contributed by atoms with Crippen LogP contribution < -0.4 is 16.0 Å². The van der Waals surface area contributed by atoms with E-state index in [0.717, 1.165) is 12.8 Å². The monoisotopic (exact) mass is 752 g/mol. The number of benzene rings is 1. The first-order valence-electron chi connectivity index (χ1n) is 19.2. The minimum atomic E-state index is -1.51. The summed E-state index contributed by atoms with van der Waals surface area (Å²) in [7, 11) is 1.54. The van der Waals surface area contributed by atoms with E-state index < -0.39 is 89.1 Å². The molecule has 4 fully saturated rings. The van der Waals surface area contributed by atoms with Crippen molar-refractivity contribution in [2.45, 2.75) is 133 Å². The van der Waals surface area contributed by atoms with Gasteiger partial charge in [-0.2, -0.15) is 0 Å². The number of halogens is 1. The number of nitrogens with one attached hydrogen (secondary N) is 3. The second-order valence-corrected chi connectivity index (χ2v) is 14.9. The summed E-state index contributed by atoms with van der Waals surface area (Å²) < 4.78 is 20.0. The van der Waals surface area contributed by atoms with Crippen LogP contribution >= 0.6 is 0 Å². The smallest absolute Gasteiger partial charge is 0.329 e. The van der Waals surface area contributed by atoms with Crippen molar-refractivity contribution in [2.75, 3.05) is 20.1 Å². The number of ether oxygens (including phenoxy) is 1. The first-order chi connectivity index (χ1) is 25.8. The first-order valence-corrected chi connectivity index (χ1v) is 19.2. The van der Waals surface area contributed by atoms with E-state index in [1.165, 1.54) is 52.9 Å². The minimum absolute atomic E-state index is 0.121. The standard InChI is InChI=1S/C39H53FN6O8/c1-5-6-7-8-17-31(47)42-28(23-26-13-9-14-27(40)22-26)33(48)43-32-25(3)54-37(52)30-16-11-21-46(30)34(49)24(2)41-38(53)39(18-12-19-39)44(4)35(50)29-15-10-20-45(29)36(32)51/h8-9,13-14,17,22,24-25,28-30,32H,5-7,10-12,15-16,18-21,23H2,1-4H3,(H,41,53)(H,42,47)(H,43,48)/t24-,25-,28-,29-,30-,32-/m0/s1. The van der Waals surface area contributed by atoms with Crippen molar-refractivity contribution >= 4 is 41.4 Å². The molecule has 6 amide bonds. The van der Waals surface area contributed by atoms with Gasteiger partial charge in [-0.05, 0) is 89.0 Å².